The van der Waals surface area contributed by atoms with Crippen molar-refractivity contribution in [3.8, 4) is 0 Å². The first-order valence-corrected chi connectivity index (χ1v) is 12.3. The van der Waals surface area contributed by atoms with Gasteiger partial charge in [0.1, 0.15) is 0 Å². The number of amides is 2. The quantitative estimate of drug-likeness (QED) is 0.701. The molecule has 0 N–H and O–H groups in total. The zero-order valence-corrected chi connectivity index (χ0v) is 19.0. The second kappa shape index (κ2) is 7.14. The normalized spacial score (nSPS) is 38.5. The lowest BCUT2D eigenvalue weighted by molar-refractivity contribution is -0.125. The van der Waals surface area contributed by atoms with Gasteiger partial charge in [-0.05, 0) is 81.8 Å². The highest BCUT2D eigenvalue weighted by atomic mass is 16.2. The molecule has 2 heterocycles. The summed E-state index contributed by atoms with van der Waals surface area (Å²) in [6.45, 7) is 7.94. The molecule has 1 aromatic rings. The molecule has 4 saturated carbocycles. The van der Waals surface area contributed by atoms with E-state index in [1.165, 1.54) is 43.4 Å². The van der Waals surface area contributed by atoms with Gasteiger partial charge in [-0.1, -0.05) is 17.7 Å². The van der Waals surface area contributed by atoms with Gasteiger partial charge < -0.3 is 0 Å². The Balaban J connectivity index is 1.14. The number of benzene rings is 1. The molecule has 7 rings (SSSR count). The number of piperazine rings is 1. The molecule has 1 atom stereocenters. The topological polar surface area (TPSA) is 43.9 Å². The van der Waals surface area contributed by atoms with Crippen LogP contribution in [0.15, 0.2) is 18.2 Å². The summed E-state index contributed by atoms with van der Waals surface area (Å²) in [5, 5.41) is 0. The Labute approximate surface area is 185 Å². The highest BCUT2D eigenvalue weighted by Gasteiger charge is 2.54. The number of carbonyl (C=O) groups excluding carboxylic acids is 2. The third-order valence-corrected chi connectivity index (χ3v) is 9.15. The fourth-order valence-electron chi connectivity index (χ4n) is 8.17. The second-order valence-electron chi connectivity index (χ2n) is 11.2. The van der Waals surface area contributed by atoms with Crippen LogP contribution in [0, 0.1) is 31.6 Å². The largest absolute Gasteiger partial charge is 0.295 e. The molecule has 0 aromatic heterocycles. The lowest BCUT2D eigenvalue weighted by Crippen LogP contribution is -2.64. The highest BCUT2D eigenvalue weighted by Crippen LogP contribution is 2.57. The van der Waals surface area contributed by atoms with Crippen LogP contribution in [-0.2, 0) is 9.59 Å². The molecule has 2 aliphatic heterocycles. The number of carbonyl (C=O) groups is 2. The molecule has 6 fully saturated rings. The maximum absolute atomic E-state index is 13.3. The van der Waals surface area contributed by atoms with Crippen LogP contribution in [0.1, 0.15) is 56.1 Å². The Bertz CT molecular complexity index is 882. The van der Waals surface area contributed by atoms with Crippen molar-refractivity contribution in [1.82, 2.24) is 9.80 Å². The molecule has 31 heavy (non-hydrogen) atoms. The summed E-state index contributed by atoms with van der Waals surface area (Å²) in [6.07, 6.45) is 8.97. The number of anilines is 1. The minimum absolute atomic E-state index is 0.0276. The van der Waals surface area contributed by atoms with Crippen molar-refractivity contribution < 1.29 is 9.59 Å². The molecule has 0 radical (unpaired) electrons. The van der Waals surface area contributed by atoms with Crippen LogP contribution in [0.4, 0.5) is 5.69 Å². The van der Waals surface area contributed by atoms with Gasteiger partial charge in [-0.25, -0.2) is 4.90 Å². The number of aryl methyl sites for hydroxylation is 2. The van der Waals surface area contributed by atoms with Gasteiger partial charge in [0.15, 0.2) is 0 Å². The van der Waals surface area contributed by atoms with Crippen LogP contribution in [0.2, 0.25) is 0 Å². The third-order valence-electron chi connectivity index (χ3n) is 9.15. The maximum atomic E-state index is 13.3. The number of rotatable bonds is 3. The fourth-order valence-corrected chi connectivity index (χ4v) is 8.17. The van der Waals surface area contributed by atoms with E-state index in [0.717, 1.165) is 60.7 Å². The van der Waals surface area contributed by atoms with Crippen LogP contribution in [0.3, 0.4) is 0 Å². The maximum Gasteiger partial charge on any atom is 0.251 e. The first kappa shape index (κ1) is 19.9. The van der Waals surface area contributed by atoms with Crippen LogP contribution in [0.5, 0.6) is 0 Å². The standard InChI is InChI=1S/C26H35N3O2/c1-17-3-4-22(18(2)9-17)29-24(30)13-23(25(29)31)27-5-7-28(8-6-27)26-14-19-10-20(15-26)12-21(11-19)16-26/h3-4,9,19-21,23H,5-8,10-16H2,1-2H3/t19?,20?,21?,23-,26?/m0/s1. The molecule has 4 aliphatic carbocycles. The van der Waals surface area contributed by atoms with Gasteiger partial charge in [0.05, 0.1) is 18.2 Å². The predicted octanol–water partition coefficient (Wildman–Crippen LogP) is 3.52. The number of nitrogens with zero attached hydrogens (tertiary/aromatic N) is 3. The van der Waals surface area contributed by atoms with Crippen LogP contribution < -0.4 is 4.90 Å². The van der Waals surface area contributed by atoms with E-state index in [-0.39, 0.29) is 17.9 Å². The SMILES string of the molecule is Cc1ccc(N2C(=O)C[C@H](N3CCN(C45CC6CC(CC(C6)C4)C5)CC3)C2=O)c(C)c1. The van der Waals surface area contributed by atoms with Gasteiger partial charge >= 0.3 is 0 Å². The van der Waals surface area contributed by atoms with Crippen LogP contribution >= 0.6 is 0 Å². The smallest absolute Gasteiger partial charge is 0.251 e. The van der Waals surface area contributed by atoms with Crippen LogP contribution in [-0.4, -0.2) is 59.4 Å². The molecule has 0 unspecified atom stereocenters. The lowest BCUT2D eigenvalue weighted by atomic mass is 9.52. The summed E-state index contributed by atoms with van der Waals surface area (Å²) < 4.78 is 0. The van der Waals surface area contributed by atoms with E-state index < -0.39 is 0 Å². The monoisotopic (exact) mass is 421 g/mol. The second-order valence-corrected chi connectivity index (χ2v) is 11.2. The average molecular weight is 422 g/mol. The van der Waals surface area contributed by atoms with Gasteiger partial charge in [0, 0.05) is 31.7 Å². The molecule has 6 aliphatic rings. The minimum Gasteiger partial charge on any atom is -0.295 e. The molecule has 5 nitrogen and oxygen atoms in total. The summed E-state index contributed by atoms with van der Waals surface area (Å²) in [7, 11) is 0. The minimum atomic E-state index is -0.285. The van der Waals surface area contributed by atoms with Crippen molar-refractivity contribution in [3.05, 3.63) is 29.3 Å². The Morgan fingerprint density at radius 2 is 1.48 bits per heavy atom. The molecular formula is C26H35N3O2. The highest BCUT2D eigenvalue weighted by molar-refractivity contribution is 6.22. The molecule has 2 saturated heterocycles. The van der Waals surface area contributed by atoms with Crippen molar-refractivity contribution in [2.75, 3.05) is 31.1 Å². The third kappa shape index (κ3) is 3.19. The molecule has 4 bridgehead atoms. The first-order chi connectivity index (χ1) is 14.9. The molecular weight excluding hydrogens is 386 g/mol. The Morgan fingerprint density at radius 1 is 0.871 bits per heavy atom. The van der Waals surface area contributed by atoms with E-state index in [2.05, 4.69) is 9.80 Å². The van der Waals surface area contributed by atoms with Gasteiger partial charge in [0.25, 0.3) is 5.91 Å². The van der Waals surface area contributed by atoms with E-state index in [1.807, 2.05) is 32.0 Å². The number of hydrogen-bond acceptors (Lipinski definition) is 4. The molecule has 0 spiro atoms. The van der Waals surface area contributed by atoms with Crippen molar-refractivity contribution >= 4 is 17.5 Å². The summed E-state index contributed by atoms with van der Waals surface area (Å²) >= 11 is 0. The molecule has 2 amide bonds. The Kier molecular flexibility index (Phi) is 4.59. The van der Waals surface area contributed by atoms with Crippen molar-refractivity contribution in [3.63, 3.8) is 0 Å². The van der Waals surface area contributed by atoms with E-state index in [0.29, 0.717) is 12.0 Å². The summed E-state index contributed by atoms with van der Waals surface area (Å²) in [5.74, 6) is 2.81. The predicted molar refractivity (Wildman–Crippen MR) is 121 cm³/mol. The van der Waals surface area contributed by atoms with Gasteiger partial charge in [-0.15, -0.1) is 0 Å². The van der Waals surface area contributed by atoms with E-state index >= 15 is 0 Å². The summed E-state index contributed by atoms with van der Waals surface area (Å²) in [6, 6.07) is 5.67. The van der Waals surface area contributed by atoms with Crippen molar-refractivity contribution in [2.45, 2.75) is 70.4 Å². The van der Waals surface area contributed by atoms with Gasteiger partial charge in [-0.3, -0.25) is 19.4 Å². The van der Waals surface area contributed by atoms with Gasteiger partial charge in [-0.2, -0.15) is 0 Å². The zero-order valence-electron chi connectivity index (χ0n) is 19.0. The fraction of sp³-hybridized carbons (Fsp3) is 0.692. The average Bonchev–Trinajstić information content (AvgIpc) is 3.01. The number of imide groups is 1. The number of hydrogen-bond donors (Lipinski definition) is 0. The Hall–Kier alpha value is -1.72. The lowest BCUT2D eigenvalue weighted by Gasteiger charge is -2.61. The van der Waals surface area contributed by atoms with E-state index in [4.69, 9.17) is 0 Å². The van der Waals surface area contributed by atoms with Gasteiger partial charge in [0.2, 0.25) is 5.91 Å². The summed E-state index contributed by atoms with van der Waals surface area (Å²) in [5.41, 5.74) is 3.35. The molecule has 5 heteroatoms. The Morgan fingerprint density at radius 3 is 2.06 bits per heavy atom. The van der Waals surface area contributed by atoms with Crippen molar-refractivity contribution in [2.24, 2.45) is 17.8 Å². The summed E-state index contributed by atoms with van der Waals surface area (Å²) in [4.78, 5) is 32.7. The van der Waals surface area contributed by atoms with Crippen LogP contribution in [0.25, 0.3) is 0 Å². The van der Waals surface area contributed by atoms with Crippen molar-refractivity contribution in [1.29, 1.82) is 0 Å². The first-order valence-electron chi connectivity index (χ1n) is 12.3. The van der Waals surface area contributed by atoms with E-state index in [9.17, 15) is 9.59 Å². The zero-order chi connectivity index (χ0) is 21.3. The molecule has 1 aromatic carbocycles. The van der Waals surface area contributed by atoms with E-state index in [1.54, 1.807) is 0 Å². The molecule has 166 valence electrons.